The average Bonchev–Trinajstić information content (AvgIpc) is 3.15. The second kappa shape index (κ2) is 8.78. The van der Waals surface area contributed by atoms with Gasteiger partial charge in [-0.1, -0.05) is 53.4 Å². The van der Waals surface area contributed by atoms with Crippen LogP contribution in [0, 0.1) is 6.92 Å². The number of thioether (sulfide) groups is 2. The Balaban J connectivity index is 1.43. The van der Waals surface area contributed by atoms with Crippen LogP contribution in [0.4, 0.5) is 0 Å². The van der Waals surface area contributed by atoms with Gasteiger partial charge in [0.2, 0.25) is 5.91 Å². The number of nitrogens with zero attached hydrogens (tertiary/aromatic N) is 3. The van der Waals surface area contributed by atoms with E-state index in [2.05, 4.69) is 15.5 Å². The van der Waals surface area contributed by atoms with E-state index in [1.165, 1.54) is 39.8 Å². The first-order valence-electron chi connectivity index (χ1n) is 9.10. The zero-order chi connectivity index (χ0) is 21.3. The van der Waals surface area contributed by atoms with E-state index < -0.39 is 17.4 Å². The monoisotopic (exact) mass is 462 g/mol. The van der Waals surface area contributed by atoms with E-state index in [-0.39, 0.29) is 23.9 Å². The maximum absolute atomic E-state index is 12.7. The van der Waals surface area contributed by atoms with Gasteiger partial charge < -0.3 is 10.4 Å². The predicted octanol–water partition coefficient (Wildman–Crippen LogP) is 1.92. The number of aryl methyl sites for hydroxylation is 1. The molecule has 2 N–H and O–H groups in total. The summed E-state index contributed by atoms with van der Waals surface area (Å²) in [6, 6.07) is 8.55. The fourth-order valence-corrected chi connectivity index (χ4v) is 6.59. The molecule has 1 saturated heterocycles. The van der Waals surface area contributed by atoms with Crippen molar-refractivity contribution in [3.63, 3.8) is 0 Å². The van der Waals surface area contributed by atoms with Crippen molar-refractivity contribution in [1.29, 1.82) is 0 Å². The van der Waals surface area contributed by atoms with Gasteiger partial charge in [-0.25, -0.2) is 4.79 Å². The lowest BCUT2D eigenvalue weighted by atomic mass is 10.0. The number of rotatable bonds is 7. The van der Waals surface area contributed by atoms with Gasteiger partial charge in [-0.15, -0.1) is 22.0 Å². The number of β-lactam (4-membered cyclic amide) rings is 1. The van der Waals surface area contributed by atoms with E-state index in [0.29, 0.717) is 17.1 Å². The molecular formula is C19H18N4O4S3. The Kier molecular flexibility index (Phi) is 6.11. The Morgan fingerprint density at radius 1 is 1.30 bits per heavy atom. The van der Waals surface area contributed by atoms with Gasteiger partial charge in [0.1, 0.15) is 22.1 Å². The fourth-order valence-electron chi connectivity index (χ4n) is 3.29. The lowest BCUT2D eigenvalue weighted by Gasteiger charge is -2.49. The van der Waals surface area contributed by atoms with Crippen LogP contribution >= 0.6 is 34.9 Å². The molecule has 3 heterocycles. The van der Waals surface area contributed by atoms with Gasteiger partial charge in [-0.05, 0) is 18.1 Å². The molecule has 0 radical (unpaired) electrons. The molecule has 0 bridgehead atoms. The lowest BCUT2D eigenvalue weighted by Crippen LogP contribution is -2.70. The van der Waals surface area contributed by atoms with Crippen molar-refractivity contribution in [1.82, 2.24) is 20.4 Å². The summed E-state index contributed by atoms with van der Waals surface area (Å²) in [6.07, 6.45) is 0.173. The van der Waals surface area contributed by atoms with Crippen LogP contribution in [0.3, 0.4) is 0 Å². The van der Waals surface area contributed by atoms with Crippen molar-refractivity contribution < 1.29 is 19.5 Å². The van der Waals surface area contributed by atoms with E-state index in [1.807, 2.05) is 37.3 Å². The molecule has 2 aromatic rings. The Morgan fingerprint density at radius 3 is 2.73 bits per heavy atom. The quantitative estimate of drug-likeness (QED) is 0.474. The van der Waals surface area contributed by atoms with E-state index in [9.17, 15) is 19.5 Å². The predicted molar refractivity (Wildman–Crippen MR) is 115 cm³/mol. The number of carboxylic acid groups (broad SMARTS) is 1. The Morgan fingerprint density at radius 2 is 2.07 bits per heavy atom. The first-order valence-corrected chi connectivity index (χ1v) is 12.0. The standard InChI is InChI=1S/C19H18N4O4S3/c1-10-21-22-19(30-10)29-9-12-8-28-17-14(16(25)23(17)15(12)18(26)27)20-13(24)7-11-5-3-2-4-6-11/h2-6,14,17H,7-9H2,1H3,(H,20,24)(H,26,27)/t14-,17+/m0/s1. The lowest BCUT2D eigenvalue weighted by molar-refractivity contribution is -0.150. The van der Waals surface area contributed by atoms with Gasteiger partial charge in [0, 0.05) is 11.5 Å². The van der Waals surface area contributed by atoms with E-state index in [1.54, 1.807) is 0 Å². The van der Waals surface area contributed by atoms with Crippen molar-refractivity contribution in [2.45, 2.75) is 29.1 Å². The van der Waals surface area contributed by atoms with Crippen LogP contribution in [0.2, 0.25) is 0 Å². The number of carboxylic acids is 1. The zero-order valence-corrected chi connectivity index (χ0v) is 18.4. The number of carbonyl (C=O) groups is 3. The Hall–Kier alpha value is -2.37. The summed E-state index contributed by atoms with van der Waals surface area (Å²) in [5.41, 5.74) is 1.54. The first-order chi connectivity index (χ1) is 14.4. The number of hydrogen-bond donors (Lipinski definition) is 2. The van der Waals surface area contributed by atoms with Crippen molar-refractivity contribution >= 4 is 52.6 Å². The Labute approximate surface area is 185 Å². The normalized spacial score (nSPS) is 20.6. The van der Waals surface area contributed by atoms with Crippen molar-refractivity contribution in [3.8, 4) is 0 Å². The molecule has 2 amide bonds. The number of amides is 2. The average molecular weight is 463 g/mol. The zero-order valence-electron chi connectivity index (χ0n) is 15.9. The van der Waals surface area contributed by atoms with Gasteiger partial charge in [0.05, 0.1) is 6.42 Å². The van der Waals surface area contributed by atoms with Crippen LogP contribution in [0.1, 0.15) is 10.6 Å². The molecule has 156 valence electrons. The summed E-state index contributed by atoms with van der Waals surface area (Å²) >= 11 is 4.32. The number of benzene rings is 1. The topological polar surface area (TPSA) is 112 Å². The van der Waals surface area contributed by atoms with Crippen LogP contribution in [-0.2, 0) is 20.8 Å². The molecule has 1 aromatic heterocycles. The fraction of sp³-hybridized carbons (Fsp3) is 0.316. The van der Waals surface area contributed by atoms with Gasteiger partial charge in [0.15, 0.2) is 4.34 Å². The smallest absolute Gasteiger partial charge is 0.352 e. The maximum atomic E-state index is 12.7. The minimum absolute atomic E-state index is 0.0195. The molecule has 2 atom stereocenters. The third-order valence-corrected chi connectivity index (χ3v) is 8.05. The number of hydrogen-bond acceptors (Lipinski definition) is 8. The summed E-state index contributed by atoms with van der Waals surface area (Å²) in [5, 5.41) is 20.9. The molecule has 4 rings (SSSR count). The molecule has 0 spiro atoms. The van der Waals surface area contributed by atoms with E-state index in [0.717, 1.165) is 14.9 Å². The summed E-state index contributed by atoms with van der Waals surface area (Å²) in [5.74, 6) is -0.878. The SMILES string of the molecule is Cc1nnc(SCC2=C(C(=O)O)N3C(=O)[C@H](NC(=O)Cc4ccccc4)[C@H]3SC2)s1. The first kappa shape index (κ1) is 20.9. The number of fused-ring (bicyclic) bond motifs is 1. The van der Waals surface area contributed by atoms with Gasteiger partial charge in [0.25, 0.3) is 5.91 Å². The number of aromatic nitrogens is 2. The minimum atomic E-state index is -1.13. The summed E-state index contributed by atoms with van der Waals surface area (Å²) in [4.78, 5) is 38.2. The van der Waals surface area contributed by atoms with Crippen LogP contribution in [0.25, 0.3) is 0 Å². The van der Waals surface area contributed by atoms with Crippen LogP contribution in [-0.4, -0.2) is 60.9 Å². The highest BCUT2D eigenvalue weighted by Gasteiger charge is 2.54. The second-order valence-electron chi connectivity index (χ2n) is 6.75. The highest BCUT2D eigenvalue weighted by Crippen LogP contribution is 2.41. The van der Waals surface area contributed by atoms with E-state index >= 15 is 0 Å². The molecule has 0 saturated carbocycles. The molecule has 2 aliphatic rings. The van der Waals surface area contributed by atoms with Crippen LogP contribution < -0.4 is 5.32 Å². The highest BCUT2D eigenvalue weighted by molar-refractivity contribution is 8.01. The molecular weight excluding hydrogens is 444 g/mol. The highest BCUT2D eigenvalue weighted by atomic mass is 32.2. The summed E-state index contributed by atoms with van der Waals surface area (Å²) < 4.78 is 0.762. The third kappa shape index (κ3) is 4.23. The summed E-state index contributed by atoms with van der Waals surface area (Å²) in [6.45, 7) is 1.86. The molecule has 0 aliphatic carbocycles. The largest absolute Gasteiger partial charge is 0.477 e. The van der Waals surface area contributed by atoms with Crippen LogP contribution in [0.5, 0.6) is 0 Å². The minimum Gasteiger partial charge on any atom is -0.477 e. The number of aliphatic carboxylic acids is 1. The Bertz CT molecular complexity index is 1020. The molecule has 8 nitrogen and oxygen atoms in total. The van der Waals surface area contributed by atoms with Crippen LogP contribution in [0.15, 0.2) is 45.9 Å². The van der Waals surface area contributed by atoms with Crippen molar-refractivity contribution in [2.24, 2.45) is 0 Å². The van der Waals surface area contributed by atoms with Gasteiger partial charge >= 0.3 is 5.97 Å². The maximum Gasteiger partial charge on any atom is 0.352 e. The molecule has 11 heteroatoms. The molecule has 30 heavy (non-hydrogen) atoms. The van der Waals surface area contributed by atoms with E-state index in [4.69, 9.17) is 0 Å². The number of carbonyl (C=O) groups excluding carboxylic acids is 2. The second-order valence-corrected chi connectivity index (χ2v) is 10.3. The van der Waals surface area contributed by atoms with Crippen molar-refractivity contribution in [2.75, 3.05) is 11.5 Å². The van der Waals surface area contributed by atoms with Gasteiger partial charge in [-0.2, -0.15) is 0 Å². The molecule has 2 aliphatic heterocycles. The van der Waals surface area contributed by atoms with Crippen molar-refractivity contribution in [3.05, 3.63) is 52.2 Å². The third-order valence-electron chi connectivity index (χ3n) is 4.65. The molecule has 1 aromatic carbocycles. The molecule has 1 fully saturated rings. The van der Waals surface area contributed by atoms with Gasteiger partial charge in [-0.3, -0.25) is 14.5 Å². The number of nitrogens with one attached hydrogen (secondary N) is 1. The summed E-state index contributed by atoms with van der Waals surface area (Å²) in [7, 11) is 0. The molecule has 0 unspecified atom stereocenters.